The van der Waals surface area contributed by atoms with Crippen molar-refractivity contribution in [1.29, 1.82) is 0 Å². The van der Waals surface area contributed by atoms with Crippen LogP contribution in [0.3, 0.4) is 0 Å². The summed E-state index contributed by atoms with van der Waals surface area (Å²) in [6.45, 7) is 0.892. The molecule has 2 rings (SSSR count). The van der Waals surface area contributed by atoms with Gasteiger partial charge >= 0.3 is 96.1 Å². The van der Waals surface area contributed by atoms with Crippen LogP contribution in [0.15, 0.2) is 18.3 Å². The first-order chi connectivity index (χ1) is 7.05. The molecule has 0 unspecified atom stereocenters. The Kier molecular flexibility index (Phi) is 3.24. The molecule has 1 aliphatic rings. The van der Waals surface area contributed by atoms with Crippen LogP contribution in [0.5, 0.6) is 5.75 Å². The third-order valence-corrected chi connectivity index (χ3v) is 7.85. The minimum absolute atomic E-state index is 0.819. The van der Waals surface area contributed by atoms with Crippen LogP contribution in [0, 0.1) is 5.92 Å². The van der Waals surface area contributed by atoms with Crippen LogP contribution in [0.4, 0.5) is 0 Å². The van der Waals surface area contributed by atoms with E-state index in [4.69, 9.17) is 4.74 Å². The van der Waals surface area contributed by atoms with Gasteiger partial charge in [0.2, 0.25) is 0 Å². The molecule has 2 nitrogen and oxygen atoms in total. The molecule has 1 fully saturated rings. The molecule has 82 valence electrons. The SMILES string of the molecule is [CH3][Sn]([CH3])([CH3])[c]1cc(OCC2CC2)ccn1. The summed E-state index contributed by atoms with van der Waals surface area (Å²) < 4.78 is 7.06. The number of aromatic nitrogens is 1. The van der Waals surface area contributed by atoms with Gasteiger partial charge in [-0.2, -0.15) is 0 Å². The summed E-state index contributed by atoms with van der Waals surface area (Å²) in [6, 6.07) is 4.13. The Morgan fingerprint density at radius 1 is 1.40 bits per heavy atom. The van der Waals surface area contributed by atoms with Gasteiger partial charge in [-0.1, -0.05) is 0 Å². The molecule has 0 amide bonds. The van der Waals surface area contributed by atoms with Gasteiger partial charge in [-0.25, -0.2) is 0 Å². The summed E-state index contributed by atoms with van der Waals surface area (Å²) in [5.41, 5.74) is 0. The van der Waals surface area contributed by atoms with Crippen molar-refractivity contribution in [3.63, 3.8) is 0 Å². The molecule has 0 aliphatic heterocycles. The molecule has 1 heterocycles. The minimum atomic E-state index is -2.01. The van der Waals surface area contributed by atoms with Crippen LogP contribution >= 0.6 is 0 Å². The summed E-state index contributed by atoms with van der Waals surface area (Å²) >= 11 is -2.01. The van der Waals surface area contributed by atoms with E-state index in [9.17, 15) is 0 Å². The van der Waals surface area contributed by atoms with Crippen LogP contribution in [0.2, 0.25) is 14.8 Å². The third-order valence-electron chi connectivity index (χ3n) is 2.68. The van der Waals surface area contributed by atoms with Gasteiger partial charge in [0.25, 0.3) is 0 Å². The van der Waals surface area contributed by atoms with Crippen LogP contribution in [0.25, 0.3) is 0 Å². The predicted molar refractivity (Wildman–Crippen MR) is 65.4 cm³/mol. The Balaban J connectivity index is 2.04. The zero-order chi connectivity index (χ0) is 10.9. The second kappa shape index (κ2) is 4.32. The van der Waals surface area contributed by atoms with Gasteiger partial charge in [-0.3, -0.25) is 0 Å². The topological polar surface area (TPSA) is 22.1 Å². The first-order valence-electron chi connectivity index (χ1n) is 5.65. The molecule has 1 aliphatic carbocycles. The fraction of sp³-hybridized carbons (Fsp3) is 0.583. The Morgan fingerprint density at radius 2 is 2.13 bits per heavy atom. The normalized spacial score (nSPS) is 16.5. The van der Waals surface area contributed by atoms with E-state index in [1.54, 1.807) is 0 Å². The molecule has 0 spiro atoms. The summed E-state index contributed by atoms with van der Waals surface area (Å²) in [5, 5.41) is 0. The number of rotatable bonds is 4. The second-order valence-electron chi connectivity index (χ2n) is 5.38. The number of pyridine rings is 1. The van der Waals surface area contributed by atoms with Crippen molar-refractivity contribution in [3.05, 3.63) is 18.3 Å². The fourth-order valence-corrected chi connectivity index (χ4v) is 4.37. The second-order valence-corrected chi connectivity index (χ2v) is 19.7. The van der Waals surface area contributed by atoms with E-state index in [0.29, 0.717) is 0 Å². The summed E-state index contributed by atoms with van der Waals surface area (Å²) in [7, 11) is 0. The van der Waals surface area contributed by atoms with E-state index in [1.807, 2.05) is 12.3 Å². The van der Waals surface area contributed by atoms with Crippen LogP contribution in [-0.4, -0.2) is 30.0 Å². The molecular formula is C12H19NOSn. The average Bonchev–Trinajstić information content (AvgIpc) is 2.97. The van der Waals surface area contributed by atoms with Crippen molar-refractivity contribution < 1.29 is 4.74 Å². The standard InChI is InChI=1S/C9H10NO.3CH3.Sn/c1-2-8(1)7-11-9-3-5-10-6-4-9;;;;/h3-5,8H,1-2,7H2;3*1H3;. The Morgan fingerprint density at radius 3 is 2.73 bits per heavy atom. The zero-order valence-corrected chi connectivity index (χ0v) is 12.6. The summed E-state index contributed by atoms with van der Waals surface area (Å²) in [4.78, 5) is 11.6. The summed E-state index contributed by atoms with van der Waals surface area (Å²) in [5.74, 6) is 1.83. The van der Waals surface area contributed by atoms with Crippen molar-refractivity contribution in [2.75, 3.05) is 6.61 Å². The quantitative estimate of drug-likeness (QED) is 0.797. The third kappa shape index (κ3) is 3.36. The van der Waals surface area contributed by atoms with Gasteiger partial charge in [0, 0.05) is 0 Å². The zero-order valence-electron chi connectivity index (χ0n) is 9.79. The molecule has 15 heavy (non-hydrogen) atoms. The van der Waals surface area contributed by atoms with Crippen molar-refractivity contribution in [2.45, 2.75) is 27.7 Å². The van der Waals surface area contributed by atoms with Gasteiger partial charge in [-0.05, 0) is 0 Å². The molecule has 0 radical (unpaired) electrons. The first-order valence-corrected chi connectivity index (χ1v) is 15.6. The van der Waals surface area contributed by atoms with Crippen molar-refractivity contribution in [3.8, 4) is 5.75 Å². The van der Waals surface area contributed by atoms with E-state index in [-0.39, 0.29) is 0 Å². The Labute approximate surface area is 95.9 Å². The molecule has 1 aromatic heterocycles. The van der Waals surface area contributed by atoms with Crippen LogP contribution in [-0.2, 0) is 0 Å². The van der Waals surface area contributed by atoms with Crippen molar-refractivity contribution in [1.82, 2.24) is 4.98 Å². The Hall–Kier alpha value is -0.251. The van der Waals surface area contributed by atoms with Gasteiger partial charge in [0.1, 0.15) is 0 Å². The van der Waals surface area contributed by atoms with Gasteiger partial charge in [0.15, 0.2) is 0 Å². The molecule has 0 aromatic carbocycles. The molecular weight excluding hydrogens is 293 g/mol. The van der Waals surface area contributed by atoms with Gasteiger partial charge in [-0.15, -0.1) is 0 Å². The molecule has 1 aromatic rings. The van der Waals surface area contributed by atoms with Gasteiger partial charge < -0.3 is 0 Å². The number of ether oxygens (including phenoxy) is 1. The molecule has 3 heteroatoms. The van der Waals surface area contributed by atoms with E-state index >= 15 is 0 Å². The monoisotopic (exact) mass is 313 g/mol. The maximum atomic E-state index is 5.76. The van der Waals surface area contributed by atoms with Gasteiger partial charge in [0.05, 0.1) is 0 Å². The first kappa shape index (κ1) is 11.2. The van der Waals surface area contributed by atoms with Crippen LogP contribution < -0.4 is 8.45 Å². The molecule has 0 atom stereocenters. The summed E-state index contributed by atoms with van der Waals surface area (Å²) in [6.07, 6.45) is 4.58. The van der Waals surface area contributed by atoms with E-state index in [1.165, 1.54) is 16.6 Å². The number of hydrogen-bond acceptors (Lipinski definition) is 2. The van der Waals surface area contributed by atoms with E-state index in [0.717, 1.165) is 18.3 Å². The molecule has 0 saturated heterocycles. The van der Waals surface area contributed by atoms with Crippen LogP contribution in [0.1, 0.15) is 12.8 Å². The molecule has 0 N–H and O–H groups in total. The number of hydrogen-bond donors (Lipinski definition) is 0. The predicted octanol–water partition coefficient (Wildman–Crippen LogP) is 2.42. The van der Waals surface area contributed by atoms with Crippen molar-refractivity contribution >= 4 is 22.1 Å². The Bertz CT molecular complexity index is 342. The van der Waals surface area contributed by atoms with Crippen molar-refractivity contribution in [2.24, 2.45) is 5.92 Å². The average molecular weight is 312 g/mol. The maximum absolute atomic E-state index is 5.76. The van der Waals surface area contributed by atoms with E-state index in [2.05, 4.69) is 25.9 Å². The number of nitrogens with zero attached hydrogens (tertiary/aromatic N) is 1. The fourth-order valence-electron chi connectivity index (χ4n) is 1.41. The molecule has 1 saturated carbocycles. The molecule has 0 bridgehead atoms. The van der Waals surface area contributed by atoms with E-state index < -0.39 is 18.4 Å².